The van der Waals surface area contributed by atoms with E-state index >= 15 is 0 Å². The minimum atomic E-state index is -0.102. The summed E-state index contributed by atoms with van der Waals surface area (Å²) in [4.78, 5) is 22.8. The molecule has 0 bridgehead atoms. The maximum absolute atomic E-state index is 12.5. The zero-order chi connectivity index (χ0) is 21.9. The van der Waals surface area contributed by atoms with Crippen LogP contribution in [0, 0.1) is 0 Å². The summed E-state index contributed by atoms with van der Waals surface area (Å²) in [5, 5.41) is 7.73. The van der Waals surface area contributed by atoms with Crippen LogP contribution < -0.4 is 10.1 Å². The molecule has 1 amide bonds. The number of carbonyl (C=O) groups is 1. The van der Waals surface area contributed by atoms with Crippen LogP contribution in [0.15, 0.2) is 71.7 Å². The first-order valence-electron chi connectivity index (χ1n) is 10.2. The molecular weight excluding hydrogens is 440 g/mol. The maximum Gasteiger partial charge on any atom is 0.230 e. The van der Waals surface area contributed by atoms with Crippen LogP contribution >= 0.6 is 22.7 Å². The molecule has 0 saturated carbocycles. The smallest absolute Gasteiger partial charge is 0.230 e. The first-order chi connectivity index (χ1) is 15.7. The Morgan fingerprint density at radius 1 is 1.09 bits per heavy atom. The topological polar surface area (TPSA) is 68.5 Å². The normalized spacial score (nSPS) is 11.0. The third-order valence-corrected chi connectivity index (χ3v) is 6.56. The number of imidazole rings is 1. The van der Waals surface area contributed by atoms with Crippen molar-refractivity contribution < 1.29 is 9.53 Å². The zero-order valence-electron chi connectivity index (χ0n) is 17.3. The lowest BCUT2D eigenvalue weighted by molar-refractivity contribution is -0.115. The predicted molar refractivity (Wildman–Crippen MR) is 130 cm³/mol. The van der Waals surface area contributed by atoms with Crippen LogP contribution in [-0.4, -0.2) is 26.9 Å². The molecule has 160 valence electrons. The fourth-order valence-corrected chi connectivity index (χ4v) is 4.95. The van der Waals surface area contributed by atoms with Gasteiger partial charge in [-0.2, -0.15) is 0 Å². The zero-order valence-corrected chi connectivity index (χ0v) is 19.0. The molecule has 0 fully saturated rings. The van der Waals surface area contributed by atoms with Gasteiger partial charge in [0.15, 0.2) is 4.96 Å². The maximum atomic E-state index is 12.5. The van der Waals surface area contributed by atoms with E-state index in [9.17, 15) is 4.79 Å². The highest BCUT2D eigenvalue weighted by Crippen LogP contribution is 2.32. The predicted octanol–water partition coefficient (Wildman–Crippen LogP) is 5.77. The highest BCUT2D eigenvalue weighted by Gasteiger charge is 2.13. The van der Waals surface area contributed by atoms with Gasteiger partial charge in [-0.3, -0.25) is 9.20 Å². The monoisotopic (exact) mass is 460 g/mol. The Hall–Kier alpha value is -3.49. The SMILES string of the molecule is CCOc1ccccc1-c1nc(CC(=O)Nc2ccc(-c3cn4ccsc4n3)cc2)cs1. The van der Waals surface area contributed by atoms with E-state index in [2.05, 4.69) is 15.3 Å². The molecule has 0 radical (unpaired) electrons. The Labute approximate surface area is 193 Å². The van der Waals surface area contributed by atoms with Gasteiger partial charge in [-0.25, -0.2) is 9.97 Å². The van der Waals surface area contributed by atoms with Crippen molar-refractivity contribution in [2.75, 3.05) is 11.9 Å². The van der Waals surface area contributed by atoms with E-state index in [0.29, 0.717) is 6.61 Å². The van der Waals surface area contributed by atoms with E-state index in [1.165, 1.54) is 11.3 Å². The fourth-order valence-electron chi connectivity index (χ4n) is 3.40. The van der Waals surface area contributed by atoms with Gasteiger partial charge in [0, 0.05) is 34.4 Å². The number of thiazole rings is 2. The van der Waals surface area contributed by atoms with Gasteiger partial charge in [-0.1, -0.05) is 24.3 Å². The summed E-state index contributed by atoms with van der Waals surface area (Å²) in [5.41, 5.74) is 4.36. The summed E-state index contributed by atoms with van der Waals surface area (Å²) in [6.45, 7) is 2.55. The second kappa shape index (κ2) is 8.94. The molecule has 5 rings (SSSR count). The lowest BCUT2D eigenvalue weighted by atomic mass is 10.1. The molecule has 0 unspecified atom stereocenters. The lowest BCUT2D eigenvalue weighted by Crippen LogP contribution is -2.14. The van der Waals surface area contributed by atoms with E-state index in [1.54, 1.807) is 11.3 Å². The molecule has 8 heteroatoms. The van der Waals surface area contributed by atoms with Crippen molar-refractivity contribution in [3.05, 3.63) is 77.4 Å². The number of anilines is 1. The number of hydrogen-bond donors (Lipinski definition) is 1. The number of ether oxygens (including phenoxy) is 1. The van der Waals surface area contributed by atoms with Crippen molar-refractivity contribution in [3.8, 4) is 27.6 Å². The number of nitrogens with one attached hydrogen (secondary N) is 1. The van der Waals surface area contributed by atoms with E-state index in [1.807, 2.05) is 83.0 Å². The second-order valence-corrected chi connectivity index (χ2v) is 8.83. The summed E-state index contributed by atoms with van der Waals surface area (Å²) in [7, 11) is 0. The number of aromatic nitrogens is 3. The van der Waals surface area contributed by atoms with Crippen molar-refractivity contribution >= 4 is 39.2 Å². The van der Waals surface area contributed by atoms with Gasteiger partial charge < -0.3 is 10.1 Å². The van der Waals surface area contributed by atoms with Crippen molar-refractivity contribution in [1.29, 1.82) is 0 Å². The molecule has 32 heavy (non-hydrogen) atoms. The van der Waals surface area contributed by atoms with Crippen LogP contribution in [-0.2, 0) is 11.2 Å². The van der Waals surface area contributed by atoms with Crippen molar-refractivity contribution in [2.45, 2.75) is 13.3 Å². The van der Waals surface area contributed by atoms with Crippen molar-refractivity contribution in [3.63, 3.8) is 0 Å². The highest BCUT2D eigenvalue weighted by molar-refractivity contribution is 7.15. The molecule has 0 atom stereocenters. The Bertz CT molecular complexity index is 1340. The molecule has 6 nitrogen and oxygen atoms in total. The van der Waals surface area contributed by atoms with Gasteiger partial charge in [0.2, 0.25) is 5.91 Å². The van der Waals surface area contributed by atoms with Crippen LogP contribution in [0.2, 0.25) is 0 Å². The Kier molecular flexibility index (Phi) is 5.70. The summed E-state index contributed by atoms with van der Waals surface area (Å²) in [6, 6.07) is 15.5. The van der Waals surface area contributed by atoms with Crippen molar-refractivity contribution in [2.24, 2.45) is 0 Å². The number of amides is 1. The van der Waals surface area contributed by atoms with Gasteiger partial charge in [0.1, 0.15) is 10.8 Å². The first kappa shape index (κ1) is 20.4. The average Bonchev–Trinajstić information content (AvgIpc) is 3.52. The summed E-state index contributed by atoms with van der Waals surface area (Å²) < 4.78 is 7.70. The number of carbonyl (C=O) groups excluding carboxylic acids is 1. The summed E-state index contributed by atoms with van der Waals surface area (Å²) in [5.74, 6) is 0.702. The van der Waals surface area contributed by atoms with Gasteiger partial charge in [-0.15, -0.1) is 22.7 Å². The molecule has 1 N–H and O–H groups in total. The minimum absolute atomic E-state index is 0.102. The molecule has 3 aromatic heterocycles. The van der Waals surface area contributed by atoms with E-state index in [0.717, 1.165) is 43.9 Å². The van der Waals surface area contributed by atoms with Gasteiger partial charge in [0.25, 0.3) is 0 Å². The number of hydrogen-bond acceptors (Lipinski definition) is 6. The largest absolute Gasteiger partial charge is 0.493 e. The molecular formula is C24H20N4O2S2. The lowest BCUT2D eigenvalue weighted by Gasteiger charge is -2.07. The molecule has 3 heterocycles. The van der Waals surface area contributed by atoms with E-state index in [4.69, 9.17) is 4.74 Å². The third-order valence-electron chi connectivity index (χ3n) is 4.87. The van der Waals surface area contributed by atoms with E-state index < -0.39 is 0 Å². The van der Waals surface area contributed by atoms with Crippen molar-refractivity contribution in [1.82, 2.24) is 14.4 Å². The molecule has 0 aliphatic carbocycles. The quantitative estimate of drug-likeness (QED) is 0.335. The molecule has 0 saturated heterocycles. The first-order valence-corrected chi connectivity index (χ1v) is 11.9. The molecule has 0 aliphatic heterocycles. The number of rotatable bonds is 7. The third kappa shape index (κ3) is 4.28. The van der Waals surface area contributed by atoms with Crippen LogP contribution in [0.25, 0.3) is 26.8 Å². The minimum Gasteiger partial charge on any atom is -0.493 e. The summed E-state index contributed by atoms with van der Waals surface area (Å²) in [6.07, 6.45) is 4.21. The van der Waals surface area contributed by atoms with Crippen LogP contribution in [0.4, 0.5) is 5.69 Å². The Morgan fingerprint density at radius 2 is 1.94 bits per heavy atom. The molecule has 0 aliphatic rings. The van der Waals surface area contributed by atoms with Crippen LogP contribution in [0.1, 0.15) is 12.6 Å². The Morgan fingerprint density at radius 3 is 2.75 bits per heavy atom. The Balaban J connectivity index is 1.24. The number of fused-ring (bicyclic) bond motifs is 1. The fraction of sp³-hybridized carbons (Fsp3) is 0.125. The molecule has 0 spiro atoms. The van der Waals surface area contributed by atoms with Crippen LogP contribution in [0.3, 0.4) is 0 Å². The standard InChI is InChI=1S/C24H20N4O2S2/c1-2-30-21-6-4-3-5-19(21)23-26-18(15-32-23)13-22(29)25-17-9-7-16(8-10-17)20-14-28-11-12-31-24(28)27-20/h3-12,14-15H,2,13H2,1H3,(H,25,29). The molecule has 2 aromatic carbocycles. The van der Waals surface area contributed by atoms with Gasteiger partial charge in [0.05, 0.1) is 30.0 Å². The second-order valence-electron chi connectivity index (χ2n) is 7.09. The van der Waals surface area contributed by atoms with Crippen LogP contribution in [0.5, 0.6) is 5.75 Å². The summed E-state index contributed by atoms with van der Waals surface area (Å²) >= 11 is 3.12. The number of para-hydroxylation sites is 1. The number of nitrogens with zero attached hydrogens (tertiary/aromatic N) is 3. The van der Waals surface area contributed by atoms with Gasteiger partial charge in [-0.05, 0) is 31.2 Å². The van der Waals surface area contributed by atoms with E-state index in [-0.39, 0.29) is 12.3 Å². The molecule has 5 aromatic rings. The van der Waals surface area contributed by atoms with Gasteiger partial charge >= 0.3 is 0 Å². The number of benzene rings is 2. The highest BCUT2D eigenvalue weighted by atomic mass is 32.1. The average molecular weight is 461 g/mol.